The summed E-state index contributed by atoms with van der Waals surface area (Å²) in [5, 5.41) is 2.93. The molecule has 0 bridgehead atoms. The summed E-state index contributed by atoms with van der Waals surface area (Å²) >= 11 is 0. The number of ether oxygens (including phenoxy) is 2. The molecule has 0 aliphatic heterocycles. The number of hydrogen-bond donors (Lipinski definition) is 1. The zero-order valence-electron chi connectivity index (χ0n) is 19.9. The molecule has 0 radical (unpaired) electrons. The highest BCUT2D eigenvalue weighted by Gasteiger charge is 2.23. The Bertz CT molecular complexity index is 1030. The van der Waals surface area contributed by atoms with Crippen molar-refractivity contribution in [3.63, 3.8) is 0 Å². The minimum atomic E-state index is -3.66. The van der Waals surface area contributed by atoms with E-state index in [0.717, 1.165) is 33.0 Å². The molecular weight excluding hydrogens is 428 g/mol. The normalized spacial score (nSPS) is 12.4. The second kappa shape index (κ2) is 10.7. The molecule has 8 heteroatoms. The van der Waals surface area contributed by atoms with Gasteiger partial charge in [-0.25, -0.2) is 8.42 Å². The van der Waals surface area contributed by atoms with Gasteiger partial charge in [-0.15, -0.1) is 0 Å². The van der Waals surface area contributed by atoms with E-state index in [0.29, 0.717) is 18.0 Å². The lowest BCUT2D eigenvalue weighted by Gasteiger charge is -2.24. The van der Waals surface area contributed by atoms with Gasteiger partial charge in [-0.2, -0.15) is 0 Å². The first-order chi connectivity index (χ1) is 15.0. The highest BCUT2D eigenvalue weighted by Crippen LogP contribution is 2.32. The molecular formula is C24H34N2O5S. The molecule has 0 aliphatic rings. The van der Waals surface area contributed by atoms with Crippen molar-refractivity contribution in [2.24, 2.45) is 0 Å². The van der Waals surface area contributed by atoms with Gasteiger partial charge in [0, 0.05) is 0 Å². The summed E-state index contributed by atoms with van der Waals surface area (Å²) in [5.41, 5.74) is 3.42. The maximum absolute atomic E-state index is 12.8. The number of carbonyl (C=O) groups excluding carboxylic acids is 1. The third kappa shape index (κ3) is 6.38. The molecule has 0 fully saturated rings. The van der Waals surface area contributed by atoms with E-state index in [-0.39, 0.29) is 18.5 Å². The molecule has 7 nitrogen and oxygen atoms in total. The number of anilines is 1. The molecule has 32 heavy (non-hydrogen) atoms. The van der Waals surface area contributed by atoms with Gasteiger partial charge in [-0.05, 0) is 79.8 Å². The van der Waals surface area contributed by atoms with Crippen molar-refractivity contribution in [1.82, 2.24) is 5.32 Å². The van der Waals surface area contributed by atoms with Crippen LogP contribution in [-0.4, -0.2) is 40.8 Å². The van der Waals surface area contributed by atoms with Crippen molar-refractivity contribution < 1.29 is 22.7 Å². The molecule has 0 spiro atoms. The van der Waals surface area contributed by atoms with Crippen LogP contribution in [0.25, 0.3) is 0 Å². The van der Waals surface area contributed by atoms with E-state index in [2.05, 4.69) is 19.2 Å². The fraction of sp³-hybridized carbons (Fsp3) is 0.458. The van der Waals surface area contributed by atoms with Crippen LogP contribution in [0.4, 0.5) is 5.69 Å². The maximum atomic E-state index is 12.8. The van der Waals surface area contributed by atoms with E-state index in [9.17, 15) is 13.2 Å². The zero-order chi connectivity index (χ0) is 24.1. The first-order valence-electron chi connectivity index (χ1n) is 10.7. The Balaban J connectivity index is 2.22. The van der Waals surface area contributed by atoms with Gasteiger partial charge in [-0.1, -0.05) is 13.8 Å². The van der Waals surface area contributed by atoms with Gasteiger partial charge in [0.2, 0.25) is 15.9 Å². The number of nitrogens with zero attached hydrogens (tertiary/aromatic N) is 1. The van der Waals surface area contributed by atoms with Crippen molar-refractivity contribution in [3.8, 4) is 11.5 Å². The van der Waals surface area contributed by atoms with Crippen molar-refractivity contribution in [2.75, 3.05) is 30.8 Å². The summed E-state index contributed by atoms with van der Waals surface area (Å²) in [6.07, 6.45) is 1.09. The Morgan fingerprint density at radius 3 is 2.22 bits per heavy atom. The lowest BCUT2D eigenvalue weighted by Crippen LogP contribution is -2.41. The molecule has 2 aromatic rings. The zero-order valence-corrected chi connectivity index (χ0v) is 20.7. The predicted molar refractivity (Wildman–Crippen MR) is 128 cm³/mol. The Hall–Kier alpha value is -2.74. The van der Waals surface area contributed by atoms with E-state index in [1.807, 2.05) is 32.9 Å². The lowest BCUT2D eigenvalue weighted by molar-refractivity contribution is -0.120. The smallest absolute Gasteiger partial charge is 0.241 e. The Kier molecular flexibility index (Phi) is 8.55. The largest absolute Gasteiger partial charge is 0.496 e. The minimum Gasteiger partial charge on any atom is -0.496 e. The van der Waals surface area contributed by atoms with E-state index in [4.69, 9.17) is 9.47 Å². The summed E-state index contributed by atoms with van der Waals surface area (Å²) in [5.74, 6) is 1.32. The summed E-state index contributed by atoms with van der Waals surface area (Å²) < 4.78 is 36.7. The SMILES string of the molecule is CCOc1ccc(N(CC(=O)NC(C)c2cc(C(C)C)c(OC)cc2C)S(C)(=O)=O)cc1. The number of sulfonamides is 1. The van der Waals surface area contributed by atoms with Crippen LogP contribution in [0.1, 0.15) is 56.3 Å². The van der Waals surface area contributed by atoms with Gasteiger partial charge >= 0.3 is 0 Å². The standard InChI is InChI=1S/C24H34N2O5S/c1-8-31-20-11-9-19(10-12-20)26(32(7,28)29)15-24(27)25-18(5)22-14-21(16(2)3)23(30-6)13-17(22)4/h9-14,16,18H,8,15H2,1-7H3,(H,25,27). The number of carbonyl (C=O) groups is 1. The highest BCUT2D eigenvalue weighted by molar-refractivity contribution is 7.92. The molecule has 1 unspecified atom stereocenters. The third-order valence-corrected chi connectivity index (χ3v) is 6.35. The average molecular weight is 463 g/mol. The molecule has 2 rings (SSSR count). The predicted octanol–water partition coefficient (Wildman–Crippen LogP) is 4.17. The van der Waals surface area contributed by atoms with Gasteiger partial charge in [-0.3, -0.25) is 9.10 Å². The van der Waals surface area contributed by atoms with Crippen LogP contribution < -0.4 is 19.1 Å². The number of rotatable bonds is 10. The fourth-order valence-electron chi connectivity index (χ4n) is 3.58. The van der Waals surface area contributed by atoms with Crippen LogP contribution in [0.2, 0.25) is 0 Å². The monoisotopic (exact) mass is 462 g/mol. The Morgan fingerprint density at radius 2 is 1.72 bits per heavy atom. The number of nitrogens with one attached hydrogen (secondary N) is 1. The van der Waals surface area contributed by atoms with Gasteiger partial charge in [0.25, 0.3) is 0 Å². The van der Waals surface area contributed by atoms with Crippen molar-refractivity contribution in [3.05, 3.63) is 53.1 Å². The summed E-state index contributed by atoms with van der Waals surface area (Å²) in [7, 11) is -2.01. The van der Waals surface area contributed by atoms with E-state index < -0.39 is 15.9 Å². The molecule has 0 saturated heterocycles. The quantitative estimate of drug-likeness (QED) is 0.573. The summed E-state index contributed by atoms with van der Waals surface area (Å²) in [4.78, 5) is 12.8. The maximum Gasteiger partial charge on any atom is 0.241 e. The number of benzene rings is 2. The molecule has 0 heterocycles. The second-order valence-corrected chi connectivity index (χ2v) is 10.00. The van der Waals surface area contributed by atoms with Gasteiger partial charge < -0.3 is 14.8 Å². The van der Waals surface area contributed by atoms with Crippen LogP contribution in [0.5, 0.6) is 11.5 Å². The first-order valence-corrected chi connectivity index (χ1v) is 12.5. The number of hydrogen-bond acceptors (Lipinski definition) is 5. The topological polar surface area (TPSA) is 84.9 Å². The van der Waals surface area contributed by atoms with E-state index in [1.165, 1.54) is 0 Å². The molecule has 0 aliphatic carbocycles. The fourth-order valence-corrected chi connectivity index (χ4v) is 4.44. The first kappa shape index (κ1) is 25.5. The van der Waals surface area contributed by atoms with Gasteiger partial charge in [0.15, 0.2) is 0 Å². The third-order valence-electron chi connectivity index (χ3n) is 5.21. The second-order valence-electron chi connectivity index (χ2n) is 8.09. The molecule has 2 aromatic carbocycles. The molecule has 0 aromatic heterocycles. The number of methoxy groups -OCH3 is 1. The summed E-state index contributed by atoms with van der Waals surface area (Å²) in [6, 6.07) is 10.3. The lowest BCUT2D eigenvalue weighted by atomic mass is 9.93. The molecule has 0 saturated carbocycles. The van der Waals surface area contributed by atoms with Crippen molar-refractivity contribution >= 4 is 21.6 Å². The average Bonchev–Trinajstić information content (AvgIpc) is 2.71. The van der Waals surface area contributed by atoms with Gasteiger partial charge in [0.05, 0.1) is 31.7 Å². The summed E-state index contributed by atoms with van der Waals surface area (Å²) in [6.45, 7) is 10.1. The van der Waals surface area contributed by atoms with Crippen molar-refractivity contribution in [2.45, 2.75) is 46.6 Å². The Morgan fingerprint density at radius 1 is 1.09 bits per heavy atom. The number of amides is 1. The van der Waals surface area contributed by atoms with Crippen LogP contribution in [0, 0.1) is 6.92 Å². The Labute approximate surface area is 191 Å². The van der Waals surface area contributed by atoms with E-state index in [1.54, 1.807) is 31.4 Å². The van der Waals surface area contributed by atoms with Crippen LogP contribution in [0.15, 0.2) is 36.4 Å². The van der Waals surface area contributed by atoms with Crippen LogP contribution >= 0.6 is 0 Å². The minimum absolute atomic E-state index is 0.257. The molecule has 1 N–H and O–H groups in total. The van der Waals surface area contributed by atoms with Crippen LogP contribution in [0.3, 0.4) is 0 Å². The molecule has 1 amide bonds. The van der Waals surface area contributed by atoms with Crippen LogP contribution in [-0.2, 0) is 14.8 Å². The molecule has 1 atom stereocenters. The van der Waals surface area contributed by atoms with Gasteiger partial charge in [0.1, 0.15) is 18.0 Å². The highest BCUT2D eigenvalue weighted by atomic mass is 32.2. The van der Waals surface area contributed by atoms with Crippen molar-refractivity contribution in [1.29, 1.82) is 0 Å². The van der Waals surface area contributed by atoms with E-state index >= 15 is 0 Å². The number of aryl methyl sites for hydroxylation is 1. The molecule has 176 valence electrons.